The molecule has 1 fully saturated rings. The zero-order valence-corrected chi connectivity index (χ0v) is 11.6. The number of carbonyl (C=O) groups excluding carboxylic acids is 1. The maximum atomic E-state index is 11.5. The number of methoxy groups -OCH3 is 1. The van der Waals surface area contributed by atoms with Crippen LogP contribution in [0.4, 0.5) is 5.69 Å². The van der Waals surface area contributed by atoms with E-state index in [0.717, 1.165) is 42.7 Å². The van der Waals surface area contributed by atoms with E-state index in [1.165, 1.54) is 0 Å². The Bertz CT molecular complexity index is 518. The minimum Gasteiger partial charge on any atom is -0.490 e. The van der Waals surface area contributed by atoms with Gasteiger partial charge in [-0.2, -0.15) is 0 Å². The first-order valence-corrected chi connectivity index (χ1v) is 7.07. The number of anilines is 1. The van der Waals surface area contributed by atoms with Crippen molar-refractivity contribution in [1.29, 1.82) is 0 Å². The van der Waals surface area contributed by atoms with Gasteiger partial charge in [-0.15, -0.1) is 0 Å². The van der Waals surface area contributed by atoms with Gasteiger partial charge in [0.15, 0.2) is 0 Å². The van der Waals surface area contributed by atoms with Gasteiger partial charge in [-0.1, -0.05) is 6.07 Å². The lowest BCUT2D eigenvalue weighted by Gasteiger charge is -2.28. The predicted octanol–water partition coefficient (Wildman–Crippen LogP) is 1.97. The van der Waals surface area contributed by atoms with Crippen molar-refractivity contribution < 1.29 is 14.3 Å². The van der Waals surface area contributed by atoms with E-state index in [4.69, 9.17) is 15.2 Å². The first-order valence-electron chi connectivity index (χ1n) is 7.07. The highest BCUT2D eigenvalue weighted by molar-refractivity contribution is 6.02. The van der Waals surface area contributed by atoms with Gasteiger partial charge in [0, 0.05) is 30.8 Å². The SMILES string of the molecule is COC1CCCC(Oc2ccc3c(c2)NC(=O)C3N)C1. The Morgan fingerprint density at radius 2 is 2.10 bits per heavy atom. The molecule has 0 spiro atoms. The monoisotopic (exact) mass is 276 g/mol. The number of hydrogen-bond acceptors (Lipinski definition) is 4. The topological polar surface area (TPSA) is 73.6 Å². The molecule has 1 aliphatic heterocycles. The summed E-state index contributed by atoms with van der Waals surface area (Å²) in [6.07, 6.45) is 4.65. The van der Waals surface area contributed by atoms with Crippen molar-refractivity contribution in [3.63, 3.8) is 0 Å². The molecule has 20 heavy (non-hydrogen) atoms. The fraction of sp³-hybridized carbons (Fsp3) is 0.533. The largest absolute Gasteiger partial charge is 0.490 e. The number of ether oxygens (including phenoxy) is 2. The molecule has 0 radical (unpaired) electrons. The normalized spacial score (nSPS) is 28.9. The lowest BCUT2D eigenvalue weighted by atomic mass is 9.95. The first kappa shape index (κ1) is 13.4. The minimum atomic E-state index is -0.563. The van der Waals surface area contributed by atoms with Crippen LogP contribution in [0.15, 0.2) is 18.2 Å². The summed E-state index contributed by atoms with van der Waals surface area (Å²) in [7, 11) is 1.75. The van der Waals surface area contributed by atoms with E-state index < -0.39 is 6.04 Å². The van der Waals surface area contributed by atoms with Gasteiger partial charge < -0.3 is 20.5 Å². The molecule has 5 heteroatoms. The average Bonchev–Trinajstić information content (AvgIpc) is 2.74. The van der Waals surface area contributed by atoms with Crippen molar-refractivity contribution in [2.24, 2.45) is 5.73 Å². The summed E-state index contributed by atoms with van der Waals surface area (Å²) in [5.74, 6) is 0.620. The first-order chi connectivity index (χ1) is 9.67. The number of carbonyl (C=O) groups is 1. The summed E-state index contributed by atoms with van der Waals surface area (Å²) in [6, 6.07) is 5.04. The Morgan fingerprint density at radius 3 is 2.90 bits per heavy atom. The molecule has 108 valence electrons. The number of hydrogen-bond donors (Lipinski definition) is 2. The molecule has 0 saturated heterocycles. The number of benzene rings is 1. The smallest absolute Gasteiger partial charge is 0.245 e. The maximum Gasteiger partial charge on any atom is 0.245 e. The summed E-state index contributed by atoms with van der Waals surface area (Å²) in [5.41, 5.74) is 7.39. The van der Waals surface area contributed by atoms with Crippen LogP contribution in [0.2, 0.25) is 0 Å². The molecule has 1 aromatic rings. The molecule has 1 amide bonds. The van der Waals surface area contributed by atoms with Crippen LogP contribution in [-0.4, -0.2) is 25.2 Å². The minimum absolute atomic E-state index is 0.158. The van der Waals surface area contributed by atoms with Crippen LogP contribution in [0.3, 0.4) is 0 Å². The van der Waals surface area contributed by atoms with Crippen molar-refractivity contribution in [3.8, 4) is 5.75 Å². The van der Waals surface area contributed by atoms with Crippen molar-refractivity contribution in [1.82, 2.24) is 0 Å². The van der Waals surface area contributed by atoms with E-state index in [1.54, 1.807) is 7.11 Å². The average molecular weight is 276 g/mol. The van der Waals surface area contributed by atoms with E-state index in [0.29, 0.717) is 0 Å². The third kappa shape index (κ3) is 2.51. The van der Waals surface area contributed by atoms with Gasteiger partial charge in [0.1, 0.15) is 17.9 Å². The molecule has 1 saturated carbocycles. The molecule has 3 atom stereocenters. The van der Waals surface area contributed by atoms with Crippen LogP contribution >= 0.6 is 0 Å². The van der Waals surface area contributed by atoms with Gasteiger partial charge in [0.2, 0.25) is 5.91 Å². The summed E-state index contributed by atoms with van der Waals surface area (Å²) >= 11 is 0. The molecule has 0 bridgehead atoms. The second-order valence-corrected chi connectivity index (χ2v) is 5.48. The van der Waals surface area contributed by atoms with E-state index in [-0.39, 0.29) is 18.1 Å². The number of amides is 1. The third-order valence-corrected chi connectivity index (χ3v) is 4.11. The quantitative estimate of drug-likeness (QED) is 0.885. The van der Waals surface area contributed by atoms with E-state index >= 15 is 0 Å². The molecule has 1 aliphatic carbocycles. The van der Waals surface area contributed by atoms with Crippen LogP contribution in [0.25, 0.3) is 0 Å². The third-order valence-electron chi connectivity index (χ3n) is 4.11. The molecule has 1 aromatic carbocycles. The zero-order chi connectivity index (χ0) is 14.1. The van der Waals surface area contributed by atoms with Crippen molar-refractivity contribution in [2.45, 2.75) is 43.9 Å². The van der Waals surface area contributed by atoms with Gasteiger partial charge in [0.25, 0.3) is 0 Å². The lowest BCUT2D eigenvalue weighted by Crippen LogP contribution is -2.29. The fourth-order valence-corrected chi connectivity index (χ4v) is 2.96. The highest BCUT2D eigenvalue weighted by Crippen LogP contribution is 2.33. The Kier molecular flexibility index (Phi) is 3.63. The number of fused-ring (bicyclic) bond motifs is 1. The maximum absolute atomic E-state index is 11.5. The molecular weight excluding hydrogens is 256 g/mol. The summed E-state index contributed by atoms with van der Waals surface area (Å²) in [4.78, 5) is 11.5. The van der Waals surface area contributed by atoms with Gasteiger partial charge in [0.05, 0.1) is 6.10 Å². The Balaban J connectivity index is 1.70. The number of nitrogens with one attached hydrogen (secondary N) is 1. The molecule has 3 rings (SSSR count). The Morgan fingerprint density at radius 1 is 1.30 bits per heavy atom. The second kappa shape index (κ2) is 5.42. The Labute approximate surface area is 118 Å². The highest BCUT2D eigenvalue weighted by Gasteiger charge is 2.28. The van der Waals surface area contributed by atoms with E-state index in [1.807, 2.05) is 18.2 Å². The van der Waals surface area contributed by atoms with Crippen LogP contribution in [0.5, 0.6) is 5.75 Å². The van der Waals surface area contributed by atoms with E-state index in [9.17, 15) is 4.79 Å². The van der Waals surface area contributed by atoms with Crippen molar-refractivity contribution >= 4 is 11.6 Å². The van der Waals surface area contributed by atoms with Crippen molar-refractivity contribution in [3.05, 3.63) is 23.8 Å². The predicted molar refractivity (Wildman–Crippen MR) is 75.7 cm³/mol. The van der Waals surface area contributed by atoms with E-state index in [2.05, 4.69) is 5.32 Å². The van der Waals surface area contributed by atoms with Crippen LogP contribution in [0, 0.1) is 0 Å². The Hall–Kier alpha value is -1.59. The molecule has 3 unspecified atom stereocenters. The molecule has 5 nitrogen and oxygen atoms in total. The van der Waals surface area contributed by atoms with Crippen LogP contribution < -0.4 is 15.8 Å². The highest BCUT2D eigenvalue weighted by atomic mass is 16.5. The molecule has 1 heterocycles. The number of nitrogens with two attached hydrogens (primary N) is 1. The fourth-order valence-electron chi connectivity index (χ4n) is 2.96. The van der Waals surface area contributed by atoms with Crippen LogP contribution in [0.1, 0.15) is 37.3 Å². The summed E-state index contributed by atoms with van der Waals surface area (Å²) in [5, 5.41) is 2.78. The second-order valence-electron chi connectivity index (χ2n) is 5.48. The standard InChI is InChI=1S/C15H20N2O3/c1-19-9-3-2-4-10(7-9)20-11-5-6-12-13(8-11)17-15(18)14(12)16/h5-6,8-10,14H,2-4,7,16H2,1H3,(H,17,18). The molecular formula is C15H20N2O3. The van der Waals surface area contributed by atoms with Gasteiger partial charge >= 0.3 is 0 Å². The van der Waals surface area contributed by atoms with Crippen LogP contribution in [-0.2, 0) is 9.53 Å². The summed E-state index contributed by atoms with van der Waals surface area (Å²) < 4.78 is 11.4. The molecule has 3 N–H and O–H groups in total. The van der Waals surface area contributed by atoms with Crippen molar-refractivity contribution in [2.75, 3.05) is 12.4 Å². The molecule has 2 aliphatic rings. The molecule has 0 aromatic heterocycles. The van der Waals surface area contributed by atoms with Gasteiger partial charge in [-0.05, 0) is 25.3 Å². The van der Waals surface area contributed by atoms with Gasteiger partial charge in [-0.25, -0.2) is 0 Å². The summed E-state index contributed by atoms with van der Waals surface area (Å²) in [6.45, 7) is 0. The lowest BCUT2D eigenvalue weighted by molar-refractivity contribution is -0.116. The number of rotatable bonds is 3. The van der Waals surface area contributed by atoms with Gasteiger partial charge in [-0.3, -0.25) is 4.79 Å². The zero-order valence-electron chi connectivity index (χ0n) is 11.6.